The fraction of sp³-hybridized carbons (Fsp3) is 0.147. The highest BCUT2D eigenvalue weighted by molar-refractivity contribution is 7.22. The average Bonchev–Trinajstić information content (AvgIpc) is 3.66. The van der Waals surface area contributed by atoms with Gasteiger partial charge in [0.2, 0.25) is 0 Å². The molecule has 0 amide bonds. The molecule has 0 bridgehead atoms. The smallest absolute Gasteiger partial charge is 0.262 e. The van der Waals surface area contributed by atoms with E-state index in [1.54, 1.807) is 28.0 Å². The van der Waals surface area contributed by atoms with Crippen LogP contribution in [0.4, 0.5) is 4.39 Å². The van der Waals surface area contributed by atoms with E-state index in [2.05, 4.69) is 4.37 Å². The number of aryl methyl sites for hydroxylation is 3. The Morgan fingerprint density at radius 1 is 0.833 bits per heavy atom. The Balaban J connectivity index is 1.46. The van der Waals surface area contributed by atoms with Crippen LogP contribution in [0.3, 0.4) is 0 Å². The van der Waals surface area contributed by atoms with Gasteiger partial charge in [-0.05, 0) is 73.3 Å². The molecular formula is C34H28FN3O2S2. The average molecular weight is 594 g/mol. The highest BCUT2D eigenvalue weighted by Crippen LogP contribution is 2.38. The summed E-state index contributed by atoms with van der Waals surface area (Å²) in [6, 6.07) is 30.4. The molecule has 3 aromatic heterocycles. The Morgan fingerprint density at radius 2 is 1.55 bits per heavy atom. The van der Waals surface area contributed by atoms with Gasteiger partial charge in [-0.1, -0.05) is 66.7 Å². The largest absolute Gasteiger partial charge is 0.485 e. The first-order valence-corrected chi connectivity index (χ1v) is 15.2. The summed E-state index contributed by atoms with van der Waals surface area (Å²) in [5.41, 5.74) is 4.38. The summed E-state index contributed by atoms with van der Waals surface area (Å²) in [5.74, 6) is -0.0424. The minimum atomic E-state index is -0.503. The molecule has 8 heteroatoms. The Morgan fingerprint density at radius 3 is 2.26 bits per heavy atom. The fourth-order valence-corrected chi connectivity index (χ4v) is 6.81. The number of aromatic nitrogens is 3. The van der Waals surface area contributed by atoms with Gasteiger partial charge in [0.15, 0.2) is 11.6 Å². The molecule has 0 aliphatic rings. The molecule has 0 saturated heterocycles. The van der Waals surface area contributed by atoms with Crippen molar-refractivity contribution in [1.82, 2.24) is 13.9 Å². The van der Waals surface area contributed by atoms with Gasteiger partial charge in [-0.2, -0.15) is 4.37 Å². The molecular weight excluding hydrogens is 566 g/mol. The summed E-state index contributed by atoms with van der Waals surface area (Å²) in [6.07, 6.45) is 0.614. The number of nitrogens with zero attached hydrogens (tertiary/aromatic N) is 3. The van der Waals surface area contributed by atoms with Crippen LogP contribution in [0.5, 0.6) is 5.75 Å². The lowest BCUT2D eigenvalue weighted by Crippen LogP contribution is -2.27. The van der Waals surface area contributed by atoms with Crippen LogP contribution in [0.15, 0.2) is 102 Å². The van der Waals surface area contributed by atoms with Crippen molar-refractivity contribution in [2.24, 2.45) is 0 Å². The van der Waals surface area contributed by atoms with Crippen molar-refractivity contribution < 1.29 is 9.13 Å². The third kappa shape index (κ3) is 5.82. The van der Waals surface area contributed by atoms with Crippen LogP contribution in [-0.2, 0) is 19.6 Å². The summed E-state index contributed by atoms with van der Waals surface area (Å²) in [5, 5.41) is 0. The third-order valence-corrected chi connectivity index (χ3v) is 9.15. The zero-order chi connectivity index (χ0) is 29.1. The molecule has 0 fully saturated rings. The number of hydrogen-bond acceptors (Lipinski definition) is 6. The molecule has 0 spiro atoms. The van der Waals surface area contributed by atoms with E-state index in [1.807, 2.05) is 92.7 Å². The van der Waals surface area contributed by atoms with Gasteiger partial charge in [0.1, 0.15) is 12.4 Å². The Hall–Kier alpha value is -4.40. The first-order valence-electron chi connectivity index (χ1n) is 13.6. The van der Waals surface area contributed by atoms with Crippen LogP contribution in [0.2, 0.25) is 0 Å². The molecule has 42 heavy (non-hydrogen) atoms. The fourth-order valence-electron chi connectivity index (χ4n) is 4.89. The second-order valence-electron chi connectivity index (χ2n) is 9.98. The third-order valence-electron chi connectivity index (χ3n) is 6.97. The number of thiophene rings is 1. The van der Waals surface area contributed by atoms with E-state index in [9.17, 15) is 4.79 Å². The first-order chi connectivity index (χ1) is 20.5. The Bertz CT molecular complexity index is 1900. The molecule has 210 valence electrons. The zero-order valence-electron chi connectivity index (χ0n) is 23.2. The molecule has 0 saturated carbocycles. The second kappa shape index (κ2) is 12.2. The van der Waals surface area contributed by atoms with Crippen molar-refractivity contribution in [3.63, 3.8) is 0 Å². The van der Waals surface area contributed by atoms with Crippen molar-refractivity contribution >= 4 is 22.9 Å². The standard InChI is InChI=1S/C34H28FN3O2S2/c1-22-20-30(42-37-22)28-16-17-29(41-28)31-23(2)36-33(38(34(31)39)19-18-24-10-5-3-6-11-24)26-14-9-15-27(35)32(26)40-21-25-12-7-4-8-13-25/h3-17,20H,18-19,21H2,1-2H3. The van der Waals surface area contributed by atoms with Crippen molar-refractivity contribution in [2.45, 2.75) is 33.4 Å². The van der Waals surface area contributed by atoms with E-state index >= 15 is 4.39 Å². The molecule has 0 unspecified atom stereocenters. The molecule has 3 aromatic carbocycles. The SMILES string of the molecule is Cc1cc(-c2ccc(-c3c(C)nc(-c4cccc(F)c4OCc4ccccc4)n(CCc4ccccc4)c3=O)s2)sn1. The van der Waals surface area contributed by atoms with Crippen LogP contribution in [0, 0.1) is 19.7 Å². The predicted molar refractivity (Wildman–Crippen MR) is 169 cm³/mol. The van der Waals surface area contributed by atoms with Crippen molar-refractivity contribution in [2.75, 3.05) is 0 Å². The van der Waals surface area contributed by atoms with Crippen molar-refractivity contribution in [3.8, 4) is 37.3 Å². The summed E-state index contributed by atoms with van der Waals surface area (Å²) in [7, 11) is 0. The number of benzene rings is 3. The maximum atomic E-state index is 15.3. The van der Waals surface area contributed by atoms with Gasteiger partial charge >= 0.3 is 0 Å². The minimum absolute atomic E-state index is 0.0767. The molecule has 0 atom stereocenters. The summed E-state index contributed by atoms with van der Waals surface area (Å²) < 4.78 is 27.4. The van der Waals surface area contributed by atoms with E-state index in [4.69, 9.17) is 9.72 Å². The van der Waals surface area contributed by atoms with E-state index in [1.165, 1.54) is 17.6 Å². The maximum absolute atomic E-state index is 15.3. The van der Waals surface area contributed by atoms with Gasteiger partial charge in [0.25, 0.3) is 5.56 Å². The van der Waals surface area contributed by atoms with Gasteiger partial charge < -0.3 is 4.74 Å². The molecule has 5 nitrogen and oxygen atoms in total. The Kier molecular flexibility index (Phi) is 8.08. The number of para-hydroxylation sites is 1. The van der Waals surface area contributed by atoms with Gasteiger partial charge in [-0.3, -0.25) is 9.36 Å². The lowest BCUT2D eigenvalue weighted by molar-refractivity contribution is 0.291. The summed E-state index contributed by atoms with van der Waals surface area (Å²) >= 11 is 3.00. The second-order valence-corrected chi connectivity index (χ2v) is 11.9. The number of hydrogen-bond donors (Lipinski definition) is 0. The van der Waals surface area contributed by atoms with E-state index < -0.39 is 5.82 Å². The molecule has 0 N–H and O–H groups in total. The highest BCUT2D eigenvalue weighted by Gasteiger charge is 2.22. The van der Waals surface area contributed by atoms with Gasteiger partial charge in [-0.15, -0.1) is 11.3 Å². The molecule has 0 aliphatic heterocycles. The highest BCUT2D eigenvalue weighted by atomic mass is 32.1. The van der Waals surface area contributed by atoms with Crippen LogP contribution in [-0.4, -0.2) is 13.9 Å². The lowest BCUT2D eigenvalue weighted by atomic mass is 10.1. The van der Waals surface area contributed by atoms with Crippen LogP contribution in [0.1, 0.15) is 22.5 Å². The minimum Gasteiger partial charge on any atom is -0.485 e. The van der Waals surface area contributed by atoms with E-state index in [0.29, 0.717) is 35.6 Å². The topological polar surface area (TPSA) is 57.0 Å². The summed E-state index contributed by atoms with van der Waals surface area (Å²) in [6.45, 7) is 4.37. The molecule has 6 rings (SSSR count). The number of rotatable bonds is 9. The van der Waals surface area contributed by atoms with E-state index in [0.717, 1.165) is 31.5 Å². The maximum Gasteiger partial charge on any atom is 0.262 e. The molecule has 0 aliphatic carbocycles. The van der Waals surface area contributed by atoms with Gasteiger partial charge in [0.05, 0.1) is 27.4 Å². The first kappa shape index (κ1) is 27.8. The van der Waals surface area contributed by atoms with Crippen LogP contribution in [0.25, 0.3) is 31.6 Å². The van der Waals surface area contributed by atoms with Gasteiger partial charge in [-0.25, -0.2) is 9.37 Å². The van der Waals surface area contributed by atoms with E-state index in [-0.39, 0.29) is 17.9 Å². The molecule has 0 radical (unpaired) electrons. The van der Waals surface area contributed by atoms with Crippen LogP contribution < -0.4 is 10.3 Å². The normalized spacial score (nSPS) is 11.1. The monoisotopic (exact) mass is 593 g/mol. The Labute approximate surface area is 251 Å². The van der Waals surface area contributed by atoms with Crippen molar-refractivity contribution in [1.29, 1.82) is 0 Å². The van der Waals surface area contributed by atoms with Crippen molar-refractivity contribution in [3.05, 3.63) is 136 Å². The number of halogens is 1. The zero-order valence-corrected chi connectivity index (χ0v) is 24.8. The predicted octanol–water partition coefficient (Wildman–Crippen LogP) is 8.34. The van der Waals surface area contributed by atoms with Crippen LogP contribution >= 0.6 is 22.9 Å². The molecule has 6 aromatic rings. The lowest BCUT2D eigenvalue weighted by Gasteiger charge is -2.18. The molecule has 3 heterocycles. The summed E-state index contributed by atoms with van der Waals surface area (Å²) in [4.78, 5) is 22.2. The quantitative estimate of drug-likeness (QED) is 0.169. The van der Waals surface area contributed by atoms with Gasteiger partial charge in [0, 0.05) is 16.3 Å². The number of ether oxygens (including phenoxy) is 1.